The predicted molar refractivity (Wildman–Crippen MR) is 132 cm³/mol. The number of pyridine rings is 1. The van der Waals surface area contributed by atoms with Crippen LogP contribution in [0.25, 0.3) is 0 Å². The first-order chi connectivity index (χ1) is 18.0. The maximum Gasteiger partial charge on any atom is 0.433 e. The Hall–Kier alpha value is -3.62. The Bertz CT molecular complexity index is 1470. The number of nitrogens with zero attached hydrogens (tertiary/aromatic N) is 5. The zero-order chi connectivity index (χ0) is 27.1. The number of sulfonamides is 1. The van der Waals surface area contributed by atoms with Crippen molar-refractivity contribution in [1.82, 2.24) is 24.6 Å². The fraction of sp³-hybridized carbons (Fsp3) is 0.333. The molecular weight excluding hydrogens is 523 g/mol. The molecular formula is C24H24F3N7O3S. The van der Waals surface area contributed by atoms with Gasteiger partial charge < -0.3 is 15.5 Å². The van der Waals surface area contributed by atoms with Crippen molar-refractivity contribution >= 4 is 27.6 Å². The number of amides is 1. The van der Waals surface area contributed by atoms with Crippen LogP contribution < -0.4 is 15.5 Å². The maximum atomic E-state index is 13.2. The van der Waals surface area contributed by atoms with Crippen LogP contribution >= 0.6 is 0 Å². The standard InChI is InChI=1S/C24H24F3N7O3S/c1-15-10-21(24(25,26)27)32-23(30-15)33-6-8-34(9-7-33)38(36,37)19-4-2-18(3-5-19)31-22(35)17-11-16-12-28-14-20(16)29-13-17/h2-5,10-11,13,28H,6-9,12,14H2,1H3,(H,31,35). The van der Waals surface area contributed by atoms with E-state index < -0.39 is 21.9 Å². The van der Waals surface area contributed by atoms with Gasteiger partial charge >= 0.3 is 6.18 Å². The average molecular weight is 548 g/mol. The number of aromatic nitrogens is 3. The molecule has 2 aliphatic rings. The molecule has 0 radical (unpaired) electrons. The highest BCUT2D eigenvalue weighted by atomic mass is 32.2. The summed E-state index contributed by atoms with van der Waals surface area (Å²) in [5, 5.41) is 5.91. The summed E-state index contributed by atoms with van der Waals surface area (Å²) in [7, 11) is -3.86. The molecule has 0 aliphatic carbocycles. The number of aryl methyl sites for hydroxylation is 1. The highest BCUT2D eigenvalue weighted by Gasteiger charge is 2.35. The van der Waals surface area contributed by atoms with Crippen LogP contribution in [-0.4, -0.2) is 59.8 Å². The molecule has 14 heteroatoms. The van der Waals surface area contributed by atoms with Crippen LogP contribution in [0.4, 0.5) is 24.8 Å². The Morgan fingerprint density at radius 3 is 2.42 bits per heavy atom. The molecule has 10 nitrogen and oxygen atoms in total. The molecule has 2 aliphatic heterocycles. The number of rotatable bonds is 5. The van der Waals surface area contributed by atoms with Crippen LogP contribution in [0.1, 0.15) is 33.0 Å². The van der Waals surface area contributed by atoms with Crippen LogP contribution in [0.3, 0.4) is 0 Å². The smallest absolute Gasteiger partial charge is 0.338 e. The zero-order valence-corrected chi connectivity index (χ0v) is 21.1. The second-order valence-corrected chi connectivity index (χ2v) is 10.9. The van der Waals surface area contributed by atoms with Gasteiger partial charge in [0.1, 0.15) is 5.69 Å². The highest BCUT2D eigenvalue weighted by Crippen LogP contribution is 2.29. The molecule has 2 N–H and O–H groups in total. The van der Waals surface area contributed by atoms with Crippen LogP contribution in [0.2, 0.25) is 0 Å². The van der Waals surface area contributed by atoms with Gasteiger partial charge in [0.15, 0.2) is 0 Å². The second kappa shape index (κ2) is 9.93. The third-order valence-corrected chi connectivity index (χ3v) is 8.25. The molecule has 1 fully saturated rings. The van der Waals surface area contributed by atoms with Crippen molar-refractivity contribution in [2.45, 2.75) is 31.1 Å². The SMILES string of the molecule is Cc1cc(C(F)(F)F)nc(N2CCN(S(=O)(=O)c3ccc(NC(=O)c4cnc5c(c4)CNC5)cc3)CC2)n1. The first kappa shape index (κ1) is 26.0. The van der Waals surface area contributed by atoms with Gasteiger partial charge in [-0.1, -0.05) is 0 Å². The van der Waals surface area contributed by atoms with E-state index in [1.807, 2.05) is 0 Å². The predicted octanol–water partition coefficient (Wildman–Crippen LogP) is 2.57. The van der Waals surface area contributed by atoms with Crippen LogP contribution in [0.5, 0.6) is 0 Å². The van der Waals surface area contributed by atoms with Crippen LogP contribution in [-0.2, 0) is 29.3 Å². The number of carbonyl (C=O) groups is 1. The zero-order valence-electron chi connectivity index (χ0n) is 20.3. The van der Waals surface area contributed by atoms with E-state index in [-0.39, 0.29) is 48.6 Å². The van der Waals surface area contributed by atoms with Crippen molar-refractivity contribution in [3.63, 3.8) is 0 Å². The summed E-state index contributed by atoms with van der Waals surface area (Å²) in [5.74, 6) is -0.435. The van der Waals surface area contributed by atoms with Crippen molar-refractivity contribution in [3.8, 4) is 0 Å². The fourth-order valence-electron chi connectivity index (χ4n) is 4.32. The third-order valence-electron chi connectivity index (χ3n) is 6.33. The number of nitrogens with one attached hydrogen (secondary N) is 2. The van der Waals surface area contributed by atoms with E-state index in [4.69, 9.17) is 0 Å². The van der Waals surface area contributed by atoms with Crippen LogP contribution in [0.15, 0.2) is 47.5 Å². The summed E-state index contributed by atoms with van der Waals surface area (Å²) in [6.45, 7) is 3.15. The summed E-state index contributed by atoms with van der Waals surface area (Å²) < 4.78 is 67.0. The van der Waals surface area contributed by atoms with Crippen molar-refractivity contribution < 1.29 is 26.4 Å². The summed E-state index contributed by atoms with van der Waals surface area (Å²) >= 11 is 0. The van der Waals surface area contributed by atoms with E-state index in [1.54, 1.807) is 6.07 Å². The quantitative estimate of drug-likeness (QED) is 0.500. The molecule has 5 rings (SSSR count). The highest BCUT2D eigenvalue weighted by molar-refractivity contribution is 7.89. The van der Waals surface area contributed by atoms with Crippen molar-refractivity contribution in [3.05, 3.63) is 70.8 Å². The number of benzene rings is 1. The number of hydrogen-bond donors (Lipinski definition) is 2. The Balaban J connectivity index is 1.23. The Kier molecular flexibility index (Phi) is 6.79. The maximum absolute atomic E-state index is 13.2. The summed E-state index contributed by atoms with van der Waals surface area (Å²) in [4.78, 5) is 26.2. The monoisotopic (exact) mass is 547 g/mol. The number of carbonyl (C=O) groups excluding carboxylic acids is 1. The van der Waals surface area contributed by atoms with E-state index in [2.05, 4.69) is 25.6 Å². The topological polar surface area (TPSA) is 120 Å². The van der Waals surface area contributed by atoms with Gasteiger partial charge in [-0.2, -0.15) is 17.5 Å². The lowest BCUT2D eigenvalue weighted by molar-refractivity contribution is -0.141. The van der Waals surface area contributed by atoms with Gasteiger partial charge in [-0.15, -0.1) is 0 Å². The van der Waals surface area contributed by atoms with Gasteiger partial charge in [-0.25, -0.2) is 18.4 Å². The lowest BCUT2D eigenvalue weighted by Crippen LogP contribution is -2.49. The molecule has 2 aromatic heterocycles. The van der Waals surface area contributed by atoms with Crippen LogP contribution in [0, 0.1) is 6.92 Å². The summed E-state index contributed by atoms with van der Waals surface area (Å²) in [5.41, 5.74) is 1.85. The first-order valence-corrected chi connectivity index (χ1v) is 13.2. The van der Waals surface area contributed by atoms with Gasteiger partial charge in [0, 0.05) is 56.8 Å². The fourth-order valence-corrected chi connectivity index (χ4v) is 5.74. The minimum absolute atomic E-state index is 0.0420. The van der Waals surface area contributed by atoms with Gasteiger partial charge in [0.05, 0.1) is 16.2 Å². The van der Waals surface area contributed by atoms with Gasteiger partial charge in [-0.3, -0.25) is 9.78 Å². The molecule has 1 saturated heterocycles. The third kappa shape index (κ3) is 5.33. The van der Waals surface area contributed by atoms with Gasteiger partial charge in [0.2, 0.25) is 16.0 Å². The number of piperazine rings is 1. The van der Waals surface area contributed by atoms with Gasteiger partial charge in [0.25, 0.3) is 5.91 Å². The normalized spacial score (nSPS) is 16.4. The lowest BCUT2D eigenvalue weighted by Gasteiger charge is -2.34. The summed E-state index contributed by atoms with van der Waals surface area (Å²) in [6.07, 6.45) is -3.10. The molecule has 0 bridgehead atoms. The molecule has 0 spiro atoms. The Morgan fingerprint density at radius 2 is 1.74 bits per heavy atom. The van der Waals surface area contributed by atoms with Crippen molar-refractivity contribution in [1.29, 1.82) is 0 Å². The largest absolute Gasteiger partial charge is 0.433 e. The molecule has 0 atom stereocenters. The Morgan fingerprint density at radius 1 is 1.03 bits per heavy atom. The van der Waals surface area contributed by atoms with E-state index in [1.165, 1.54) is 46.6 Å². The van der Waals surface area contributed by atoms with Gasteiger partial charge in [-0.05, 0) is 48.9 Å². The minimum Gasteiger partial charge on any atom is -0.338 e. The number of hydrogen-bond acceptors (Lipinski definition) is 8. The van der Waals surface area contributed by atoms with Crippen molar-refractivity contribution in [2.24, 2.45) is 0 Å². The number of anilines is 2. The van der Waals surface area contributed by atoms with E-state index >= 15 is 0 Å². The average Bonchev–Trinajstić information content (AvgIpc) is 3.36. The summed E-state index contributed by atoms with van der Waals surface area (Å²) in [6, 6.07) is 8.46. The molecule has 1 amide bonds. The molecule has 3 aromatic rings. The molecule has 4 heterocycles. The molecule has 1 aromatic carbocycles. The molecule has 200 valence electrons. The van der Waals surface area contributed by atoms with E-state index in [0.717, 1.165) is 17.3 Å². The molecule has 0 saturated carbocycles. The number of halogens is 3. The van der Waals surface area contributed by atoms with E-state index in [0.29, 0.717) is 24.3 Å². The number of fused-ring (bicyclic) bond motifs is 1. The second-order valence-electron chi connectivity index (χ2n) is 9.00. The molecule has 0 unspecified atom stereocenters. The molecule has 38 heavy (non-hydrogen) atoms. The minimum atomic E-state index is -4.60. The Labute approximate surface area is 217 Å². The number of alkyl halides is 3. The lowest BCUT2D eigenvalue weighted by atomic mass is 10.1. The van der Waals surface area contributed by atoms with Crippen molar-refractivity contribution in [2.75, 3.05) is 36.4 Å². The first-order valence-electron chi connectivity index (χ1n) is 11.8. The van der Waals surface area contributed by atoms with E-state index in [9.17, 15) is 26.4 Å².